The molecule has 4 nitrogen and oxygen atoms in total. The minimum absolute atomic E-state index is 0.338. The second-order valence-corrected chi connectivity index (χ2v) is 5.97. The van der Waals surface area contributed by atoms with E-state index in [9.17, 15) is 0 Å². The first kappa shape index (κ1) is 15.1. The van der Waals surface area contributed by atoms with Crippen molar-refractivity contribution in [3.8, 4) is 0 Å². The summed E-state index contributed by atoms with van der Waals surface area (Å²) in [4.78, 5) is 9.20. The molecule has 118 valence electrons. The van der Waals surface area contributed by atoms with Crippen LogP contribution in [0.3, 0.4) is 0 Å². The van der Waals surface area contributed by atoms with Crippen molar-refractivity contribution in [3.63, 3.8) is 0 Å². The molecule has 0 radical (unpaired) electrons. The smallest absolute Gasteiger partial charge is 0.188 e. The van der Waals surface area contributed by atoms with Gasteiger partial charge in [-0.25, -0.2) is 9.98 Å². The maximum Gasteiger partial charge on any atom is 0.188 e. The van der Waals surface area contributed by atoms with Gasteiger partial charge in [-0.3, -0.25) is 0 Å². The van der Waals surface area contributed by atoms with E-state index >= 15 is 0 Å². The van der Waals surface area contributed by atoms with Crippen LogP contribution in [-0.2, 0) is 22.3 Å². The van der Waals surface area contributed by atoms with E-state index in [2.05, 4.69) is 48.1 Å². The minimum atomic E-state index is 0.338. The Kier molecular flexibility index (Phi) is 4.76. The fourth-order valence-corrected chi connectivity index (χ4v) is 2.75. The summed E-state index contributed by atoms with van der Waals surface area (Å²) in [7, 11) is 0. The Bertz CT molecular complexity index is 533. The Hall–Kier alpha value is -1.84. The normalized spacial score (nSPS) is 23.7. The van der Waals surface area contributed by atoms with Crippen LogP contribution < -0.4 is 0 Å². The van der Waals surface area contributed by atoms with E-state index in [4.69, 9.17) is 9.47 Å². The third-order valence-corrected chi connectivity index (χ3v) is 4.18. The molecule has 22 heavy (non-hydrogen) atoms. The number of rotatable bonds is 6. The van der Waals surface area contributed by atoms with E-state index < -0.39 is 0 Å². The lowest BCUT2D eigenvalue weighted by molar-refractivity contribution is 0.309. The zero-order chi connectivity index (χ0) is 15.4. The van der Waals surface area contributed by atoms with Gasteiger partial charge in [0, 0.05) is 12.8 Å². The summed E-state index contributed by atoms with van der Waals surface area (Å²) in [6.45, 7) is 5.75. The molecular weight excluding hydrogens is 276 g/mol. The molecule has 0 N–H and O–H groups in total. The van der Waals surface area contributed by atoms with Gasteiger partial charge in [-0.15, -0.1) is 0 Å². The Morgan fingerprint density at radius 3 is 1.82 bits per heavy atom. The van der Waals surface area contributed by atoms with Crippen molar-refractivity contribution in [2.45, 2.75) is 51.6 Å². The van der Waals surface area contributed by atoms with Gasteiger partial charge in [-0.05, 0) is 24.0 Å². The molecule has 0 saturated heterocycles. The summed E-state index contributed by atoms with van der Waals surface area (Å²) >= 11 is 0. The molecule has 0 spiro atoms. The Balaban J connectivity index is 1.63. The van der Waals surface area contributed by atoms with E-state index in [0.29, 0.717) is 12.1 Å². The quantitative estimate of drug-likeness (QED) is 0.810. The number of hydrogen-bond donors (Lipinski definition) is 0. The summed E-state index contributed by atoms with van der Waals surface area (Å²) in [5, 5.41) is 0. The molecule has 0 unspecified atom stereocenters. The lowest BCUT2D eigenvalue weighted by Gasteiger charge is -2.06. The number of nitrogens with zero attached hydrogens (tertiary/aromatic N) is 2. The first-order valence-electron chi connectivity index (χ1n) is 8.23. The Morgan fingerprint density at radius 2 is 1.41 bits per heavy atom. The van der Waals surface area contributed by atoms with Gasteiger partial charge < -0.3 is 9.47 Å². The molecular formula is C18H24N2O2. The van der Waals surface area contributed by atoms with E-state index in [1.807, 2.05) is 0 Å². The van der Waals surface area contributed by atoms with Crippen molar-refractivity contribution < 1.29 is 9.47 Å². The lowest BCUT2D eigenvalue weighted by atomic mass is 10.1. The van der Waals surface area contributed by atoms with E-state index in [1.165, 1.54) is 11.1 Å². The van der Waals surface area contributed by atoms with Gasteiger partial charge in [0.1, 0.15) is 13.2 Å². The zero-order valence-electron chi connectivity index (χ0n) is 13.4. The molecule has 1 aromatic carbocycles. The van der Waals surface area contributed by atoms with Crippen molar-refractivity contribution in [2.75, 3.05) is 13.2 Å². The average Bonchev–Trinajstić information content (AvgIpc) is 3.16. The molecule has 0 bridgehead atoms. The first-order valence-corrected chi connectivity index (χ1v) is 8.23. The molecule has 0 amide bonds. The number of aliphatic imine (C=N–C) groups is 2. The molecule has 3 rings (SSSR count). The van der Waals surface area contributed by atoms with Gasteiger partial charge in [0.2, 0.25) is 0 Å². The van der Waals surface area contributed by atoms with Crippen molar-refractivity contribution >= 4 is 11.8 Å². The highest BCUT2D eigenvalue weighted by atomic mass is 16.5. The third kappa shape index (κ3) is 3.67. The van der Waals surface area contributed by atoms with Gasteiger partial charge >= 0.3 is 0 Å². The molecule has 2 aliphatic rings. The van der Waals surface area contributed by atoms with Crippen molar-refractivity contribution in [3.05, 3.63) is 35.4 Å². The zero-order valence-corrected chi connectivity index (χ0v) is 13.4. The molecule has 2 heterocycles. The van der Waals surface area contributed by atoms with Gasteiger partial charge in [-0.1, -0.05) is 38.1 Å². The predicted molar refractivity (Wildman–Crippen MR) is 88.8 cm³/mol. The SMILES string of the molecule is CC[C@H]1COC(Cc2cccc(CC3=N[C@@H](CC)CO3)c2)=N1. The topological polar surface area (TPSA) is 43.2 Å². The number of ether oxygens (including phenoxy) is 2. The number of hydrogen-bond acceptors (Lipinski definition) is 4. The molecule has 1 aromatic rings. The van der Waals surface area contributed by atoms with Gasteiger partial charge in [0.05, 0.1) is 12.1 Å². The lowest BCUT2D eigenvalue weighted by Crippen LogP contribution is -2.06. The van der Waals surface area contributed by atoms with Crippen LogP contribution in [0.5, 0.6) is 0 Å². The van der Waals surface area contributed by atoms with Crippen LogP contribution >= 0.6 is 0 Å². The summed E-state index contributed by atoms with van der Waals surface area (Å²) in [6, 6.07) is 9.22. The molecule has 0 fully saturated rings. The van der Waals surface area contributed by atoms with Gasteiger partial charge in [-0.2, -0.15) is 0 Å². The number of benzene rings is 1. The molecule has 0 aliphatic carbocycles. The molecule has 4 heteroatoms. The van der Waals surface area contributed by atoms with Crippen molar-refractivity contribution in [1.29, 1.82) is 0 Å². The standard InChI is InChI=1S/C18H24N2O2/c1-3-15-11-21-17(19-15)9-13-6-5-7-14(8-13)10-18-20-16(4-2)12-22-18/h5-8,15-16H,3-4,9-12H2,1-2H3/t15-,16-/m0/s1. The third-order valence-electron chi connectivity index (χ3n) is 4.18. The van der Waals surface area contributed by atoms with Crippen molar-refractivity contribution in [2.24, 2.45) is 9.98 Å². The molecule has 0 saturated carbocycles. The van der Waals surface area contributed by atoms with E-state index in [0.717, 1.165) is 50.7 Å². The van der Waals surface area contributed by atoms with Crippen LogP contribution in [0, 0.1) is 0 Å². The highest BCUT2D eigenvalue weighted by Gasteiger charge is 2.18. The second-order valence-electron chi connectivity index (χ2n) is 5.97. The van der Waals surface area contributed by atoms with Crippen LogP contribution in [0.15, 0.2) is 34.3 Å². The average molecular weight is 300 g/mol. The fourth-order valence-electron chi connectivity index (χ4n) is 2.75. The summed E-state index contributed by atoms with van der Waals surface area (Å²) in [5.41, 5.74) is 2.47. The monoisotopic (exact) mass is 300 g/mol. The van der Waals surface area contributed by atoms with Crippen molar-refractivity contribution in [1.82, 2.24) is 0 Å². The summed E-state index contributed by atoms with van der Waals surface area (Å²) in [5.74, 6) is 1.73. The summed E-state index contributed by atoms with van der Waals surface area (Å²) in [6.07, 6.45) is 3.63. The molecule has 2 atom stereocenters. The van der Waals surface area contributed by atoms with E-state index in [-0.39, 0.29) is 0 Å². The van der Waals surface area contributed by atoms with Gasteiger partial charge in [0.15, 0.2) is 11.8 Å². The summed E-state index contributed by atoms with van der Waals surface area (Å²) < 4.78 is 11.3. The largest absolute Gasteiger partial charge is 0.478 e. The van der Waals surface area contributed by atoms with Crippen LogP contribution in [0.25, 0.3) is 0 Å². The van der Waals surface area contributed by atoms with Crippen LogP contribution in [0.4, 0.5) is 0 Å². The van der Waals surface area contributed by atoms with Gasteiger partial charge in [0.25, 0.3) is 0 Å². The minimum Gasteiger partial charge on any atom is -0.478 e. The van der Waals surface area contributed by atoms with E-state index in [1.54, 1.807) is 0 Å². The maximum absolute atomic E-state index is 5.66. The highest BCUT2D eigenvalue weighted by molar-refractivity contribution is 5.81. The molecule has 2 aliphatic heterocycles. The molecule has 0 aromatic heterocycles. The maximum atomic E-state index is 5.66. The fraction of sp³-hybridized carbons (Fsp3) is 0.556. The van der Waals surface area contributed by atoms with Crippen LogP contribution in [0.2, 0.25) is 0 Å². The van der Waals surface area contributed by atoms with Crippen LogP contribution in [0.1, 0.15) is 37.8 Å². The first-order chi connectivity index (χ1) is 10.8. The highest BCUT2D eigenvalue weighted by Crippen LogP contribution is 2.16. The van der Waals surface area contributed by atoms with Crippen LogP contribution in [-0.4, -0.2) is 37.1 Å². The Morgan fingerprint density at radius 1 is 0.909 bits per heavy atom. The second kappa shape index (κ2) is 6.95. The Labute approximate surface area is 132 Å². The predicted octanol–water partition coefficient (Wildman–Crippen LogP) is 3.19.